The van der Waals surface area contributed by atoms with E-state index in [4.69, 9.17) is 11.0 Å². The van der Waals surface area contributed by atoms with Crippen molar-refractivity contribution in [3.63, 3.8) is 0 Å². The average molecular weight is 426 g/mol. The quantitative estimate of drug-likeness (QED) is 0.243. The summed E-state index contributed by atoms with van der Waals surface area (Å²) < 4.78 is 18.0. The van der Waals surface area contributed by atoms with E-state index >= 15 is 0 Å². The van der Waals surface area contributed by atoms with Crippen LogP contribution in [-0.4, -0.2) is 35.3 Å². The van der Waals surface area contributed by atoms with Crippen molar-refractivity contribution < 1.29 is 19.0 Å². The molecule has 7 heteroatoms. The number of halogens is 1. The lowest BCUT2D eigenvalue weighted by Crippen LogP contribution is -2.13. The molecule has 164 valence electrons. The van der Waals surface area contributed by atoms with Gasteiger partial charge in [-0.05, 0) is 17.2 Å². The average Bonchev–Trinajstić information content (AvgIpc) is 2.76. The minimum atomic E-state index is -0.804. The number of aliphatic hydroxyl groups is 1. The third kappa shape index (κ3) is 14.1. The van der Waals surface area contributed by atoms with Crippen molar-refractivity contribution in [2.24, 2.45) is 5.73 Å². The van der Waals surface area contributed by atoms with Gasteiger partial charge in [0.15, 0.2) is 0 Å². The fourth-order valence-corrected chi connectivity index (χ4v) is 1.99. The molecule has 0 aliphatic rings. The number of allylic oxidation sites excluding steroid dienone is 6. The predicted molar refractivity (Wildman–Crippen MR) is 120 cm³/mol. The molecule has 1 aromatic heterocycles. The molecule has 0 aliphatic carbocycles. The minimum absolute atomic E-state index is 0.144. The van der Waals surface area contributed by atoms with Crippen LogP contribution in [0, 0.1) is 17.1 Å². The van der Waals surface area contributed by atoms with Crippen molar-refractivity contribution in [3.05, 3.63) is 103 Å². The van der Waals surface area contributed by atoms with E-state index in [1.165, 1.54) is 12.3 Å². The summed E-state index contributed by atoms with van der Waals surface area (Å²) in [5.74, 6) is -0.860. The molecule has 1 aromatic rings. The number of aliphatic hydroxyl groups excluding tert-OH is 1. The SMILES string of the molecule is C=C/C(=C\C=C\CN)C(O)Cc1ccncc1F.C=C/C=C\C=C\C(=O)OCCC#N. The van der Waals surface area contributed by atoms with E-state index in [0.717, 1.165) is 6.20 Å². The van der Waals surface area contributed by atoms with Crippen LogP contribution < -0.4 is 5.73 Å². The molecule has 0 spiro atoms. The van der Waals surface area contributed by atoms with Gasteiger partial charge in [-0.1, -0.05) is 61.8 Å². The summed E-state index contributed by atoms with van der Waals surface area (Å²) in [7, 11) is 0. The summed E-state index contributed by atoms with van der Waals surface area (Å²) in [6.45, 7) is 7.66. The van der Waals surface area contributed by atoms with Crippen LogP contribution in [0.4, 0.5) is 4.39 Å². The number of nitriles is 1. The predicted octanol–water partition coefficient (Wildman–Crippen LogP) is 3.49. The number of hydrogen-bond acceptors (Lipinski definition) is 6. The topological polar surface area (TPSA) is 109 Å². The Morgan fingerprint density at radius 2 is 2.13 bits per heavy atom. The Balaban J connectivity index is 0.000000615. The van der Waals surface area contributed by atoms with Crippen LogP contribution in [-0.2, 0) is 16.0 Å². The highest BCUT2D eigenvalue weighted by atomic mass is 19.1. The van der Waals surface area contributed by atoms with Crippen LogP contribution in [0.3, 0.4) is 0 Å². The van der Waals surface area contributed by atoms with E-state index in [9.17, 15) is 14.3 Å². The second kappa shape index (κ2) is 18.4. The van der Waals surface area contributed by atoms with E-state index in [2.05, 4.69) is 22.9 Å². The number of hydrogen-bond donors (Lipinski definition) is 2. The van der Waals surface area contributed by atoms with Crippen LogP contribution in [0.25, 0.3) is 0 Å². The van der Waals surface area contributed by atoms with Crippen LogP contribution in [0.15, 0.2) is 91.9 Å². The van der Waals surface area contributed by atoms with E-state index in [-0.39, 0.29) is 19.4 Å². The first-order chi connectivity index (χ1) is 15.0. The van der Waals surface area contributed by atoms with Crippen molar-refractivity contribution >= 4 is 5.97 Å². The Hall–Kier alpha value is -3.60. The van der Waals surface area contributed by atoms with Gasteiger partial charge in [0.2, 0.25) is 0 Å². The highest BCUT2D eigenvalue weighted by Gasteiger charge is 2.11. The Labute approximate surface area is 182 Å². The molecule has 0 radical (unpaired) electrons. The lowest BCUT2D eigenvalue weighted by Gasteiger charge is -2.11. The molecule has 0 fully saturated rings. The fourth-order valence-electron chi connectivity index (χ4n) is 1.99. The standard InChI is InChI=1S/C14H17FN2O.C10H11NO2/c1-2-11(5-3-4-7-16)14(18)9-12-6-8-17-10-13(12)15;1-2-3-4-5-7-10(12)13-9-6-8-11/h2-6,8,10,14,18H,1,7,9,16H2;2-5,7H,1,6,9H2/b4-3+,11-5+;4-3-,7-5+. The van der Waals surface area contributed by atoms with E-state index < -0.39 is 17.9 Å². The normalized spacial score (nSPS) is 12.3. The molecule has 0 saturated carbocycles. The summed E-state index contributed by atoms with van der Waals surface area (Å²) >= 11 is 0. The Kier molecular flexibility index (Phi) is 16.3. The van der Waals surface area contributed by atoms with Gasteiger partial charge >= 0.3 is 5.97 Å². The molecule has 0 aromatic carbocycles. The zero-order chi connectivity index (χ0) is 23.3. The van der Waals surface area contributed by atoms with Crippen molar-refractivity contribution in [2.45, 2.75) is 18.9 Å². The molecule has 0 saturated heterocycles. The zero-order valence-corrected chi connectivity index (χ0v) is 17.4. The largest absolute Gasteiger partial charge is 0.461 e. The minimum Gasteiger partial charge on any atom is -0.461 e. The van der Waals surface area contributed by atoms with E-state index in [1.54, 1.807) is 54.7 Å². The maximum absolute atomic E-state index is 13.4. The first-order valence-electron chi connectivity index (χ1n) is 9.45. The Morgan fingerprint density at radius 3 is 2.74 bits per heavy atom. The molecule has 3 N–H and O–H groups in total. The maximum Gasteiger partial charge on any atom is 0.330 e. The highest BCUT2D eigenvalue weighted by Crippen LogP contribution is 2.13. The number of aromatic nitrogens is 1. The summed E-state index contributed by atoms with van der Waals surface area (Å²) in [6.07, 6.45) is 16.8. The lowest BCUT2D eigenvalue weighted by atomic mass is 10.0. The van der Waals surface area contributed by atoms with Crippen molar-refractivity contribution in [1.82, 2.24) is 4.98 Å². The van der Waals surface area contributed by atoms with E-state index in [0.29, 0.717) is 17.7 Å². The van der Waals surface area contributed by atoms with Gasteiger partial charge in [0.1, 0.15) is 12.4 Å². The Bertz CT molecular complexity index is 852. The molecular weight excluding hydrogens is 397 g/mol. The molecule has 1 heterocycles. The number of pyridine rings is 1. The van der Waals surface area contributed by atoms with Crippen LogP contribution in [0.1, 0.15) is 12.0 Å². The smallest absolute Gasteiger partial charge is 0.330 e. The molecule has 0 bridgehead atoms. The number of esters is 1. The first-order valence-corrected chi connectivity index (χ1v) is 9.45. The van der Waals surface area contributed by atoms with Crippen molar-refractivity contribution in [3.8, 4) is 6.07 Å². The van der Waals surface area contributed by atoms with E-state index in [1.807, 2.05) is 6.07 Å². The van der Waals surface area contributed by atoms with Gasteiger partial charge in [0.25, 0.3) is 0 Å². The van der Waals surface area contributed by atoms with Gasteiger partial charge in [-0.2, -0.15) is 5.26 Å². The number of ether oxygens (including phenoxy) is 1. The molecule has 31 heavy (non-hydrogen) atoms. The van der Waals surface area contributed by atoms with Gasteiger partial charge in [0, 0.05) is 25.2 Å². The second-order valence-corrected chi connectivity index (χ2v) is 5.78. The number of nitrogens with two attached hydrogens (primary N) is 1. The van der Waals surface area contributed by atoms with Crippen molar-refractivity contribution in [2.75, 3.05) is 13.2 Å². The maximum atomic E-state index is 13.4. The van der Waals surface area contributed by atoms with Gasteiger partial charge in [-0.25, -0.2) is 9.18 Å². The second-order valence-electron chi connectivity index (χ2n) is 5.78. The van der Waals surface area contributed by atoms with Crippen molar-refractivity contribution in [1.29, 1.82) is 5.26 Å². The van der Waals surface area contributed by atoms with Gasteiger partial charge in [-0.3, -0.25) is 4.98 Å². The van der Waals surface area contributed by atoms with Gasteiger partial charge < -0.3 is 15.6 Å². The zero-order valence-electron chi connectivity index (χ0n) is 17.4. The third-order valence-electron chi connectivity index (χ3n) is 3.50. The van der Waals surface area contributed by atoms with Crippen LogP contribution in [0.2, 0.25) is 0 Å². The summed E-state index contributed by atoms with van der Waals surface area (Å²) in [4.78, 5) is 14.5. The first kappa shape index (κ1) is 27.4. The fraction of sp³-hybridized carbons (Fsp3) is 0.208. The molecular formula is C24H28FN3O3. The molecule has 0 amide bonds. The van der Waals surface area contributed by atoms with Crippen LogP contribution >= 0.6 is 0 Å². The number of nitrogens with zero attached hydrogens (tertiary/aromatic N) is 2. The van der Waals surface area contributed by atoms with Gasteiger partial charge in [0.05, 0.1) is 24.8 Å². The Morgan fingerprint density at radius 1 is 1.35 bits per heavy atom. The molecule has 6 nitrogen and oxygen atoms in total. The molecule has 1 unspecified atom stereocenters. The summed E-state index contributed by atoms with van der Waals surface area (Å²) in [5.41, 5.74) is 6.36. The monoisotopic (exact) mass is 425 g/mol. The highest BCUT2D eigenvalue weighted by molar-refractivity contribution is 5.82. The van der Waals surface area contributed by atoms with Crippen LogP contribution in [0.5, 0.6) is 0 Å². The number of carbonyl (C=O) groups is 1. The molecule has 0 aliphatic heterocycles. The molecule has 1 atom stereocenters. The molecule has 1 rings (SSSR count). The lowest BCUT2D eigenvalue weighted by molar-refractivity contribution is -0.137. The summed E-state index contributed by atoms with van der Waals surface area (Å²) in [6, 6.07) is 3.42. The third-order valence-corrected chi connectivity index (χ3v) is 3.50. The van der Waals surface area contributed by atoms with Gasteiger partial charge in [-0.15, -0.1) is 0 Å². The summed E-state index contributed by atoms with van der Waals surface area (Å²) in [5, 5.41) is 18.1. The number of rotatable bonds is 11. The number of carbonyl (C=O) groups excluding carboxylic acids is 1.